The van der Waals surface area contributed by atoms with Gasteiger partial charge in [-0.3, -0.25) is 0 Å². The molecule has 4 heteroatoms. The first-order valence-corrected chi connectivity index (χ1v) is 6.58. The van der Waals surface area contributed by atoms with Gasteiger partial charge in [-0.25, -0.2) is 0 Å². The highest BCUT2D eigenvalue weighted by Crippen LogP contribution is 2.26. The first-order valence-electron chi connectivity index (χ1n) is 6.58. The molecule has 0 amide bonds. The van der Waals surface area contributed by atoms with E-state index in [0.29, 0.717) is 0 Å². The first-order chi connectivity index (χ1) is 9.56. The lowest BCUT2D eigenvalue weighted by atomic mass is 10.0. The Kier molecular flexibility index (Phi) is 4.35. The Bertz CT molecular complexity index is 593. The van der Waals surface area contributed by atoms with Gasteiger partial charge in [0, 0.05) is 6.07 Å². The minimum atomic E-state index is -0.109. The summed E-state index contributed by atoms with van der Waals surface area (Å²) in [5.74, 6) is -0.0282. The molecule has 0 aliphatic rings. The van der Waals surface area contributed by atoms with Crippen LogP contribution in [0.3, 0.4) is 0 Å². The van der Waals surface area contributed by atoms with E-state index in [1.807, 2.05) is 0 Å². The van der Waals surface area contributed by atoms with Crippen LogP contribution in [0.5, 0.6) is 23.0 Å². The van der Waals surface area contributed by atoms with E-state index in [9.17, 15) is 20.4 Å². The normalized spacial score (nSPS) is 10.6. The molecule has 0 saturated heterocycles. The van der Waals surface area contributed by atoms with Crippen molar-refractivity contribution in [3.05, 3.63) is 47.5 Å². The SMILES string of the molecule is Oc1ccc(CCCCc2ccc(O)c(O)c2)c(O)c1. The summed E-state index contributed by atoms with van der Waals surface area (Å²) in [6.45, 7) is 0. The van der Waals surface area contributed by atoms with E-state index in [2.05, 4.69) is 0 Å². The average molecular weight is 274 g/mol. The molecule has 0 aliphatic heterocycles. The fraction of sp³-hybridized carbons (Fsp3) is 0.250. The van der Waals surface area contributed by atoms with Gasteiger partial charge in [0.15, 0.2) is 11.5 Å². The van der Waals surface area contributed by atoms with Crippen molar-refractivity contribution in [3.63, 3.8) is 0 Å². The Morgan fingerprint density at radius 1 is 0.650 bits per heavy atom. The van der Waals surface area contributed by atoms with Crippen molar-refractivity contribution in [2.24, 2.45) is 0 Å². The molecule has 4 N–H and O–H groups in total. The molecule has 0 aromatic heterocycles. The van der Waals surface area contributed by atoms with Crippen LogP contribution in [0.2, 0.25) is 0 Å². The summed E-state index contributed by atoms with van der Waals surface area (Å²) in [6, 6.07) is 9.45. The van der Waals surface area contributed by atoms with E-state index in [-0.39, 0.29) is 23.0 Å². The molecule has 2 rings (SSSR count). The minimum Gasteiger partial charge on any atom is -0.508 e. The maximum atomic E-state index is 9.65. The van der Waals surface area contributed by atoms with Gasteiger partial charge in [-0.2, -0.15) is 0 Å². The van der Waals surface area contributed by atoms with Gasteiger partial charge < -0.3 is 20.4 Å². The average Bonchev–Trinajstić information content (AvgIpc) is 2.40. The molecular weight excluding hydrogens is 256 g/mol. The molecular formula is C16H18O4. The number of aromatic hydroxyl groups is 4. The molecule has 0 fully saturated rings. The predicted molar refractivity (Wildman–Crippen MR) is 76.2 cm³/mol. The third-order valence-electron chi connectivity index (χ3n) is 3.27. The number of rotatable bonds is 5. The second-order valence-electron chi connectivity index (χ2n) is 4.84. The number of hydrogen-bond donors (Lipinski definition) is 4. The molecule has 20 heavy (non-hydrogen) atoms. The van der Waals surface area contributed by atoms with Crippen LogP contribution in [0.1, 0.15) is 24.0 Å². The molecule has 2 aromatic rings. The summed E-state index contributed by atoms with van der Waals surface area (Å²) in [4.78, 5) is 0. The largest absolute Gasteiger partial charge is 0.508 e. The third-order valence-corrected chi connectivity index (χ3v) is 3.27. The quantitative estimate of drug-likeness (QED) is 0.499. The standard InChI is InChI=1S/C16H18O4/c17-13-7-6-12(15(19)10-13)4-2-1-3-11-5-8-14(18)16(20)9-11/h5-10,17-20H,1-4H2. The molecule has 106 valence electrons. The van der Waals surface area contributed by atoms with Crippen LogP contribution < -0.4 is 0 Å². The molecule has 0 saturated carbocycles. The predicted octanol–water partition coefficient (Wildman–Crippen LogP) is 3.07. The summed E-state index contributed by atoms with van der Waals surface area (Å²) in [5.41, 5.74) is 1.78. The van der Waals surface area contributed by atoms with Gasteiger partial charge in [0.2, 0.25) is 0 Å². The first kappa shape index (κ1) is 14.1. The highest BCUT2D eigenvalue weighted by atomic mass is 16.3. The fourth-order valence-corrected chi connectivity index (χ4v) is 2.13. The van der Waals surface area contributed by atoms with Crippen molar-refractivity contribution >= 4 is 0 Å². The Labute approximate surface area is 117 Å². The highest BCUT2D eigenvalue weighted by molar-refractivity contribution is 5.40. The van der Waals surface area contributed by atoms with Crippen LogP contribution in [-0.2, 0) is 12.8 Å². The summed E-state index contributed by atoms with van der Waals surface area (Å²) in [7, 11) is 0. The van der Waals surface area contributed by atoms with Crippen molar-refractivity contribution in [2.45, 2.75) is 25.7 Å². The highest BCUT2D eigenvalue weighted by Gasteiger charge is 2.03. The van der Waals surface area contributed by atoms with E-state index >= 15 is 0 Å². The molecule has 0 atom stereocenters. The molecule has 2 aromatic carbocycles. The number of phenolic OH excluding ortho intramolecular Hbond substituents is 4. The summed E-state index contributed by atoms with van der Waals surface area (Å²) >= 11 is 0. The van der Waals surface area contributed by atoms with Crippen LogP contribution in [0.4, 0.5) is 0 Å². The fourth-order valence-electron chi connectivity index (χ4n) is 2.13. The van der Waals surface area contributed by atoms with Crippen LogP contribution in [-0.4, -0.2) is 20.4 Å². The monoisotopic (exact) mass is 274 g/mol. The number of phenols is 4. The number of unbranched alkanes of at least 4 members (excludes halogenated alkanes) is 1. The topological polar surface area (TPSA) is 80.9 Å². The van der Waals surface area contributed by atoms with Crippen LogP contribution >= 0.6 is 0 Å². The van der Waals surface area contributed by atoms with Gasteiger partial charge in [0.25, 0.3) is 0 Å². The van der Waals surface area contributed by atoms with Gasteiger partial charge in [0.05, 0.1) is 0 Å². The van der Waals surface area contributed by atoms with Gasteiger partial charge >= 0.3 is 0 Å². The van der Waals surface area contributed by atoms with Gasteiger partial charge in [-0.05, 0) is 55.0 Å². The van der Waals surface area contributed by atoms with Crippen molar-refractivity contribution in [1.82, 2.24) is 0 Å². The van der Waals surface area contributed by atoms with Crippen molar-refractivity contribution < 1.29 is 20.4 Å². The number of aryl methyl sites for hydroxylation is 2. The molecule has 4 nitrogen and oxygen atoms in total. The van der Waals surface area contributed by atoms with E-state index in [1.165, 1.54) is 12.1 Å². The van der Waals surface area contributed by atoms with Gasteiger partial charge in [0.1, 0.15) is 11.5 Å². The second-order valence-corrected chi connectivity index (χ2v) is 4.84. The number of benzene rings is 2. The van der Waals surface area contributed by atoms with E-state index in [1.54, 1.807) is 24.3 Å². The molecule has 0 radical (unpaired) electrons. The number of hydrogen-bond acceptors (Lipinski definition) is 4. The zero-order chi connectivity index (χ0) is 14.5. The zero-order valence-corrected chi connectivity index (χ0v) is 11.1. The Morgan fingerprint density at radius 3 is 2.10 bits per heavy atom. The smallest absolute Gasteiger partial charge is 0.157 e. The lowest BCUT2D eigenvalue weighted by Crippen LogP contribution is -1.90. The van der Waals surface area contributed by atoms with Crippen molar-refractivity contribution in [2.75, 3.05) is 0 Å². The van der Waals surface area contributed by atoms with Crippen LogP contribution in [0, 0.1) is 0 Å². The third kappa shape index (κ3) is 3.57. The Balaban J connectivity index is 1.82. The molecule has 0 heterocycles. The van der Waals surface area contributed by atoms with E-state index in [0.717, 1.165) is 36.8 Å². The summed E-state index contributed by atoms with van der Waals surface area (Å²) < 4.78 is 0. The van der Waals surface area contributed by atoms with Crippen molar-refractivity contribution in [1.29, 1.82) is 0 Å². The summed E-state index contributed by atoms with van der Waals surface area (Å²) in [5, 5.41) is 37.5. The van der Waals surface area contributed by atoms with Gasteiger partial charge in [-0.15, -0.1) is 0 Å². The van der Waals surface area contributed by atoms with E-state index in [4.69, 9.17) is 0 Å². The maximum absolute atomic E-state index is 9.65. The zero-order valence-electron chi connectivity index (χ0n) is 11.1. The molecule has 0 bridgehead atoms. The lowest BCUT2D eigenvalue weighted by molar-refractivity contribution is 0.403. The molecule has 0 unspecified atom stereocenters. The Hall–Kier alpha value is -2.36. The van der Waals surface area contributed by atoms with Gasteiger partial charge in [-0.1, -0.05) is 12.1 Å². The Morgan fingerprint density at radius 2 is 1.40 bits per heavy atom. The second kappa shape index (κ2) is 6.19. The maximum Gasteiger partial charge on any atom is 0.157 e. The lowest BCUT2D eigenvalue weighted by Gasteiger charge is -2.06. The van der Waals surface area contributed by atoms with E-state index < -0.39 is 0 Å². The summed E-state index contributed by atoms with van der Waals surface area (Å²) in [6.07, 6.45) is 3.33. The molecule has 0 aliphatic carbocycles. The molecule has 0 spiro atoms. The van der Waals surface area contributed by atoms with Crippen LogP contribution in [0.15, 0.2) is 36.4 Å². The van der Waals surface area contributed by atoms with Crippen LogP contribution in [0.25, 0.3) is 0 Å². The minimum absolute atomic E-state index is 0.0609. The van der Waals surface area contributed by atoms with Crippen molar-refractivity contribution in [3.8, 4) is 23.0 Å².